The van der Waals surface area contributed by atoms with Gasteiger partial charge in [-0.25, -0.2) is 13.1 Å². The lowest BCUT2D eigenvalue weighted by Crippen LogP contribution is -2.31. The van der Waals surface area contributed by atoms with Crippen LogP contribution in [-0.4, -0.2) is 21.0 Å². The molecule has 0 saturated carbocycles. The summed E-state index contributed by atoms with van der Waals surface area (Å²) in [6.45, 7) is 11.1. The minimum absolute atomic E-state index is 0.108. The summed E-state index contributed by atoms with van der Waals surface area (Å²) in [4.78, 5) is 0.375. The van der Waals surface area contributed by atoms with Gasteiger partial charge in [0.1, 0.15) is 0 Å². The van der Waals surface area contributed by atoms with E-state index in [1.165, 1.54) is 0 Å². The van der Waals surface area contributed by atoms with Crippen LogP contribution in [0.2, 0.25) is 0 Å². The fraction of sp³-hybridized carbons (Fsp3) is 0.571. The van der Waals surface area contributed by atoms with E-state index in [0.29, 0.717) is 11.4 Å². The molecule has 0 radical (unpaired) electrons. The van der Waals surface area contributed by atoms with Gasteiger partial charge in [0, 0.05) is 12.6 Å². The predicted octanol–water partition coefficient (Wildman–Crippen LogP) is 2.10. The van der Waals surface area contributed by atoms with E-state index in [9.17, 15) is 8.42 Å². The Labute approximate surface area is 116 Å². The maximum atomic E-state index is 12.3. The summed E-state index contributed by atoms with van der Waals surface area (Å²) in [6, 6.07) is 3.60. The number of hydrogen-bond acceptors (Lipinski definition) is 3. The van der Waals surface area contributed by atoms with Gasteiger partial charge in [-0.05, 0) is 57.0 Å². The summed E-state index contributed by atoms with van der Waals surface area (Å²) in [5, 5.41) is 3.23. The van der Waals surface area contributed by atoms with Crippen molar-refractivity contribution >= 4 is 10.0 Å². The third-order valence-electron chi connectivity index (χ3n) is 2.88. The maximum Gasteiger partial charge on any atom is 0.241 e. The van der Waals surface area contributed by atoms with Crippen LogP contribution < -0.4 is 10.0 Å². The van der Waals surface area contributed by atoms with Crippen molar-refractivity contribution in [3.05, 3.63) is 28.8 Å². The molecule has 1 aromatic carbocycles. The van der Waals surface area contributed by atoms with E-state index in [1.807, 2.05) is 40.7 Å². The van der Waals surface area contributed by atoms with Gasteiger partial charge in [0.05, 0.1) is 4.90 Å². The fourth-order valence-corrected chi connectivity index (χ4v) is 3.52. The van der Waals surface area contributed by atoms with Crippen LogP contribution in [0, 0.1) is 13.8 Å². The summed E-state index contributed by atoms with van der Waals surface area (Å²) in [6.07, 6.45) is 0. The first-order valence-electron chi connectivity index (χ1n) is 6.61. The molecule has 108 valence electrons. The molecule has 2 N–H and O–H groups in total. The molecule has 0 aliphatic rings. The van der Waals surface area contributed by atoms with Crippen LogP contribution in [0.5, 0.6) is 0 Å². The van der Waals surface area contributed by atoms with E-state index in [1.54, 1.807) is 6.07 Å². The highest BCUT2D eigenvalue weighted by atomic mass is 32.2. The summed E-state index contributed by atoms with van der Waals surface area (Å²) in [7, 11) is -3.43. The Morgan fingerprint density at radius 3 is 2.32 bits per heavy atom. The number of sulfonamides is 1. The first-order valence-corrected chi connectivity index (χ1v) is 8.09. The first-order chi connectivity index (χ1) is 8.77. The quantitative estimate of drug-likeness (QED) is 0.841. The first kappa shape index (κ1) is 16.1. The lowest BCUT2D eigenvalue weighted by atomic mass is 10.1. The van der Waals surface area contributed by atoms with Crippen LogP contribution >= 0.6 is 0 Å². The van der Waals surface area contributed by atoms with Gasteiger partial charge in [-0.2, -0.15) is 0 Å². The Balaban J connectivity index is 3.20. The lowest BCUT2D eigenvalue weighted by molar-refractivity contribution is 0.569. The zero-order valence-corrected chi connectivity index (χ0v) is 13.2. The number of benzene rings is 1. The Morgan fingerprint density at radius 2 is 1.79 bits per heavy atom. The molecule has 0 amide bonds. The normalized spacial score (nSPS) is 12.1. The van der Waals surface area contributed by atoms with Crippen LogP contribution in [0.1, 0.15) is 37.5 Å². The zero-order valence-electron chi connectivity index (χ0n) is 12.4. The molecule has 0 spiro atoms. The lowest BCUT2D eigenvalue weighted by Gasteiger charge is -2.15. The Kier molecular flexibility index (Phi) is 5.52. The minimum atomic E-state index is -3.43. The molecule has 1 rings (SSSR count). The third kappa shape index (κ3) is 4.30. The Bertz CT molecular complexity index is 537. The molecule has 19 heavy (non-hydrogen) atoms. The van der Waals surface area contributed by atoms with Crippen LogP contribution in [0.15, 0.2) is 17.0 Å². The van der Waals surface area contributed by atoms with Crippen LogP contribution in [0.3, 0.4) is 0 Å². The number of nitrogens with one attached hydrogen (secondary N) is 2. The van der Waals surface area contributed by atoms with Gasteiger partial charge < -0.3 is 5.32 Å². The van der Waals surface area contributed by atoms with E-state index in [0.717, 1.165) is 23.2 Å². The van der Waals surface area contributed by atoms with Crippen LogP contribution in [0.4, 0.5) is 0 Å². The molecule has 0 atom stereocenters. The largest absolute Gasteiger partial charge is 0.313 e. The molecule has 0 saturated heterocycles. The predicted molar refractivity (Wildman–Crippen MR) is 78.8 cm³/mol. The maximum absolute atomic E-state index is 12.3. The van der Waals surface area contributed by atoms with E-state index >= 15 is 0 Å². The second-order valence-electron chi connectivity index (χ2n) is 5.10. The number of hydrogen-bond donors (Lipinski definition) is 2. The molecule has 0 aliphatic heterocycles. The van der Waals surface area contributed by atoms with Crippen LogP contribution in [0.25, 0.3) is 0 Å². The average molecular weight is 284 g/mol. The molecule has 0 unspecified atom stereocenters. The van der Waals surface area contributed by atoms with Gasteiger partial charge in [-0.15, -0.1) is 0 Å². The van der Waals surface area contributed by atoms with Crippen molar-refractivity contribution in [3.8, 4) is 0 Å². The van der Waals surface area contributed by atoms with E-state index in [2.05, 4.69) is 10.0 Å². The molecule has 0 fully saturated rings. The minimum Gasteiger partial charge on any atom is -0.313 e. The van der Waals surface area contributed by atoms with Crippen molar-refractivity contribution in [1.29, 1.82) is 0 Å². The standard InChI is InChI=1S/C14H24N2O2S/c1-6-15-9-13-8-14(12(5)7-11(13)4)19(17,18)16-10(2)3/h7-8,10,15-16H,6,9H2,1-5H3. The van der Waals surface area contributed by atoms with Crippen molar-refractivity contribution in [2.75, 3.05) is 6.54 Å². The average Bonchev–Trinajstić information content (AvgIpc) is 2.25. The molecule has 4 nitrogen and oxygen atoms in total. The van der Waals surface area contributed by atoms with E-state index in [-0.39, 0.29) is 6.04 Å². The second kappa shape index (κ2) is 6.50. The van der Waals surface area contributed by atoms with E-state index in [4.69, 9.17) is 0 Å². The highest BCUT2D eigenvalue weighted by Crippen LogP contribution is 2.20. The van der Waals surface area contributed by atoms with Gasteiger partial charge in [0.2, 0.25) is 10.0 Å². The summed E-state index contributed by atoms with van der Waals surface area (Å²) in [5.41, 5.74) is 2.92. The number of aryl methyl sites for hydroxylation is 2. The molecule has 0 bridgehead atoms. The molecular weight excluding hydrogens is 260 g/mol. The van der Waals surface area contributed by atoms with Crippen molar-refractivity contribution < 1.29 is 8.42 Å². The second-order valence-corrected chi connectivity index (χ2v) is 6.78. The zero-order chi connectivity index (χ0) is 14.6. The summed E-state index contributed by atoms with van der Waals surface area (Å²) < 4.78 is 27.2. The van der Waals surface area contributed by atoms with Crippen molar-refractivity contribution in [2.24, 2.45) is 0 Å². The molecule has 0 heterocycles. The molecule has 0 aliphatic carbocycles. The van der Waals surface area contributed by atoms with Crippen molar-refractivity contribution in [1.82, 2.24) is 10.0 Å². The Morgan fingerprint density at radius 1 is 1.16 bits per heavy atom. The molecule has 1 aromatic rings. The monoisotopic (exact) mass is 284 g/mol. The van der Waals surface area contributed by atoms with Crippen molar-refractivity contribution in [3.63, 3.8) is 0 Å². The number of rotatable bonds is 6. The highest BCUT2D eigenvalue weighted by Gasteiger charge is 2.19. The topological polar surface area (TPSA) is 58.2 Å². The highest BCUT2D eigenvalue weighted by molar-refractivity contribution is 7.89. The summed E-state index contributed by atoms with van der Waals surface area (Å²) >= 11 is 0. The van der Waals surface area contributed by atoms with Gasteiger partial charge in [-0.3, -0.25) is 0 Å². The molecule has 5 heteroatoms. The summed E-state index contributed by atoms with van der Waals surface area (Å²) in [5.74, 6) is 0. The van der Waals surface area contributed by atoms with E-state index < -0.39 is 10.0 Å². The van der Waals surface area contributed by atoms with Gasteiger partial charge in [-0.1, -0.05) is 13.0 Å². The Hall–Kier alpha value is -0.910. The third-order valence-corrected chi connectivity index (χ3v) is 4.68. The van der Waals surface area contributed by atoms with Gasteiger partial charge in [0.25, 0.3) is 0 Å². The van der Waals surface area contributed by atoms with Crippen LogP contribution in [-0.2, 0) is 16.6 Å². The smallest absolute Gasteiger partial charge is 0.241 e. The fourth-order valence-electron chi connectivity index (χ4n) is 1.99. The van der Waals surface area contributed by atoms with Crippen molar-refractivity contribution in [2.45, 2.75) is 52.1 Å². The van der Waals surface area contributed by atoms with Gasteiger partial charge >= 0.3 is 0 Å². The molecular formula is C14H24N2O2S. The van der Waals surface area contributed by atoms with Gasteiger partial charge in [0.15, 0.2) is 0 Å². The SMILES string of the molecule is CCNCc1cc(S(=O)(=O)NC(C)C)c(C)cc1C. The molecule has 0 aromatic heterocycles.